The number of carboxylic acids is 1. The van der Waals surface area contributed by atoms with Gasteiger partial charge in [0.15, 0.2) is 0 Å². The van der Waals surface area contributed by atoms with Crippen LogP contribution in [-0.2, 0) is 0 Å². The van der Waals surface area contributed by atoms with E-state index in [0.29, 0.717) is 5.56 Å². The molecule has 0 saturated heterocycles. The first-order valence-corrected chi connectivity index (χ1v) is 3.84. The van der Waals surface area contributed by atoms with Crippen molar-refractivity contribution in [3.8, 4) is 5.75 Å². The third-order valence-electron chi connectivity index (χ3n) is 1.77. The maximum absolute atomic E-state index is 10.6. The molecule has 0 bridgehead atoms. The molecular formula is C9H11NO3. The largest absolute Gasteiger partial charge is 0.508 e. The van der Waals surface area contributed by atoms with Gasteiger partial charge < -0.3 is 15.9 Å². The van der Waals surface area contributed by atoms with E-state index in [9.17, 15) is 9.90 Å². The van der Waals surface area contributed by atoms with Crippen LogP contribution in [0.25, 0.3) is 0 Å². The van der Waals surface area contributed by atoms with Crippen molar-refractivity contribution in [3.63, 3.8) is 0 Å². The Morgan fingerprint density at radius 2 is 2.15 bits per heavy atom. The number of rotatable bonds is 2. The quantitative estimate of drug-likeness (QED) is 0.638. The molecule has 0 fully saturated rings. The predicted molar refractivity (Wildman–Crippen MR) is 47.7 cm³/mol. The van der Waals surface area contributed by atoms with Gasteiger partial charge in [-0.3, -0.25) is 0 Å². The van der Waals surface area contributed by atoms with Crippen LogP contribution in [0.15, 0.2) is 18.2 Å². The fraction of sp³-hybridized carbons (Fsp3) is 0.222. The molecule has 0 heterocycles. The lowest BCUT2D eigenvalue weighted by molar-refractivity contribution is 0.0697. The number of hydrogen-bond acceptors (Lipinski definition) is 3. The van der Waals surface area contributed by atoms with Gasteiger partial charge in [0.2, 0.25) is 0 Å². The summed E-state index contributed by atoms with van der Waals surface area (Å²) in [6.07, 6.45) is 0. The number of carbonyl (C=O) groups is 1. The zero-order chi connectivity index (χ0) is 10.0. The lowest BCUT2D eigenvalue weighted by Crippen LogP contribution is -2.07. The molecule has 0 unspecified atom stereocenters. The molecule has 4 nitrogen and oxygen atoms in total. The Morgan fingerprint density at radius 1 is 1.54 bits per heavy atom. The summed E-state index contributed by atoms with van der Waals surface area (Å²) in [4.78, 5) is 10.6. The van der Waals surface area contributed by atoms with E-state index in [1.54, 1.807) is 6.92 Å². The van der Waals surface area contributed by atoms with Gasteiger partial charge in [-0.15, -0.1) is 0 Å². The Bertz CT molecular complexity index is 334. The van der Waals surface area contributed by atoms with Crippen molar-refractivity contribution in [2.24, 2.45) is 5.73 Å². The van der Waals surface area contributed by atoms with Crippen LogP contribution in [0.3, 0.4) is 0 Å². The van der Waals surface area contributed by atoms with Gasteiger partial charge in [0.25, 0.3) is 0 Å². The number of benzene rings is 1. The van der Waals surface area contributed by atoms with Gasteiger partial charge in [-0.25, -0.2) is 4.79 Å². The van der Waals surface area contributed by atoms with Crippen LogP contribution < -0.4 is 5.73 Å². The van der Waals surface area contributed by atoms with Crippen LogP contribution in [-0.4, -0.2) is 16.2 Å². The Balaban J connectivity index is 3.19. The molecule has 0 aromatic heterocycles. The van der Waals surface area contributed by atoms with E-state index in [2.05, 4.69) is 0 Å². The second-order valence-electron chi connectivity index (χ2n) is 2.87. The summed E-state index contributed by atoms with van der Waals surface area (Å²) in [6.45, 7) is 1.68. The summed E-state index contributed by atoms with van der Waals surface area (Å²) in [5.41, 5.74) is 6.10. The summed E-state index contributed by atoms with van der Waals surface area (Å²) in [5.74, 6) is -0.998. The van der Waals surface area contributed by atoms with E-state index in [4.69, 9.17) is 10.8 Å². The molecule has 0 aliphatic rings. The zero-order valence-corrected chi connectivity index (χ0v) is 7.19. The maximum Gasteiger partial charge on any atom is 0.335 e. The Hall–Kier alpha value is -1.55. The van der Waals surface area contributed by atoms with Crippen molar-refractivity contribution < 1.29 is 15.0 Å². The standard InChI is InChI=1S/C9H11NO3/c1-5(10)7-4-6(9(12)13)2-3-8(7)11/h2-5,11H,10H2,1H3,(H,12,13)/t5-/m1/s1. The van der Waals surface area contributed by atoms with Crippen molar-refractivity contribution in [3.05, 3.63) is 29.3 Å². The lowest BCUT2D eigenvalue weighted by atomic mass is 10.0. The molecule has 1 aromatic carbocycles. The highest BCUT2D eigenvalue weighted by molar-refractivity contribution is 5.88. The molecule has 1 aromatic rings. The molecule has 4 heteroatoms. The van der Waals surface area contributed by atoms with Crippen molar-refractivity contribution in [1.29, 1.82) is 0 Å². The van der Waals surface area contributed by atoms with Crippen molar-refractivity contribution in [1.82, 2.24) is 0 Å². The van der Waals surface area contributed by atoms with Gasteiger partial charge in [-0.05, 0) is 25.1 Å². The molecule has 4 N–H and O–H groups in total. The molecule has 13 heavy (non-hydrogen) atoms. The molecule has 0 aliphatic heterocycles. The van der Waals surface area contributed by atoms with Gasteiger partial charge >= 0.3 is 5.97 Å². The normalized spacial score (nSPS) is 12.5. The third kappa shape index (κ3) is 1.97. The smallest absolute Gasteiger partial charge is 0.335 e. The predicted octanol–water partition coefficient (Wildman–Crippen LogP) is 1.11. The monoisotopic (exact) mass is 181 g/mol. The van der Waals surface area contributed by atoms with Gasteiger partial charge in [-0.1, -0.05) is 0 Å². The van der Waals surface area contributed by atoms with Crippen LogP contribution >= 0.6 is 0 Å². The van der Waals surface area contributed by atoms with Crippen molar-refractivity contribution >= 4 is 5.97 Å². The van der Waals surface area contributed by atoms with Gasteiger partial charge in [0.05, 0.1) is 5.56 Å². The number of aromatic carboxylic acids is 1. The van der Waals surface area contributed by atoms with Crippen LogP contribution in [0, 0.1) is 0 Å². The van der Waals surface area contributed by atoms with Gasteiger partial charge in [0, 0.05) is 11.6 Å². The Kier molecular flexibility index (Phi) is 2.53. The second kappa shape index (κ2) is 3.45. The molecule has 0 aliphatic carbocycles. The Labute approximate surface area is 75.6 Å². The first-order chi connectivity index (χ1) is 6.02. The summed E-state index contributed by atoms with van der Waals surface area (Å²) >= 11 is 0. The summed E-state index contributed by atoms with van der Waals surface area (Å²) in [6, 6.07) is 3.67. The summed E-state index contributed by atoms with van der Waals surface area (Å²) < 4.78 is 0. The van der Waals surface area contributed by atoms with E-state index < -0.39 is 5.97 Å². The number of aromatic hydroxyl groups is 1. The fourth-order valence-electron chi connectivity index (χ4n) is 1.05. The maximum atomic E-state index is 10.6. The molecule has 1 rings (SSSR count). The average molecular weight is 181 g/mol. The van der Waals surface area contributed by atoms with Crippen LogP contribution in [0.2, 0.25) is 0 Å². The van der Waals surface area contributed by atoms with E-state index >= 15 is 0 Å². The number of hydrogen-bond donors (Lipinski definition) is 3. The van der Waals surface area contributed by atoms with E-state index in [1.165, 1.54) is 18.2 Å². The highest BCUT2D eigenvalue weighted by atomic mass is 16.4. The molecule has 0 amide bonds. The first-order valence-electron chi connectivity index (χ1n) is 3.84. The highest BCUT2D eigenvalue weighted by Gasteiger charge is 2.10. The minimum absolute atomic E-state index is 0.0278. The number of nitrogens with two attached hydrogens (primary N) is 1. The average Bonchev–Trinajstić information content (AvgIpc) is 2.04. The summed E-state index contributed by atoms with van der Waals surface area (Å²) in [7, 11) is 0. The van der Waals surface area contributed by atoms with Crippen molar-refractivity contribution in [2.75, 3.05) is 0 Å². The second-order valence-corrected chi connectivity index (χ2v) is 2.87. The molecular weight excluding hydrogens is 170 g/mol. The zero-order valence-electron chi connectivity index (χ0n) is 7.19. The van der Waals surface area contributed by atoms with E-state index in [0.717, 1.165) is 0 Å². The molecule has 0 saturated carbocycles. The third-order valence-corrected chi connectivity index (χ3v) is 1.77. The van der Waals surface area contributed by atoms with Crippen LogP contribution in [0.5, 0.6) is 5.75 Å². The minimum atomic E-state index is -1.03. The van der Waals surface area contributed by atoms with E-state index in [1.807, 2.05) is 0 Å². The van der Waals surface area contributed by atoms with Gasteiger partial charge in [0.1, 0.15) is 5.75 Å². The topological polar surface area (TPSA) is 83.6 Å². The number of phenols is 1. The SMILES string of the molecule is C[C@@H](N)c1cc(C(=O)O)ccc1O. The van der Waals surface area contributed by atoms with Crippen LogP contribution in [0.1, 0.15) is 28.9 Å². The highest BCUT2D eigenvalue weighted by Crippen LogP contribution is 2.23. The molecule has 0 radical (unpaired) electrons. The Morgan fingerprint density at radius 3 is 2.62 bits per heavy atom. The number of phenolic OH excluding ortho intramolecular Hbond substituents is 1. The summed E-state index contributed by atoms with van der Waals surface area (Å²) in [5, 5.41) is 18.0. The number of carboxylic acid groups (broad SMARTS) is 1. The molecule has 1 atom stereocenters. The first kappa shape index (κ1) is 9.54. The van der Waals surface area contributed by atoms with E-state index in [-0.39, 0.29) is 17.4 Å². The minimum Gasteiger partial charge on any atom is -0.508 e. The molecule has 0 spiro atoms. The fourth-order valence-corrected chi connectivity index (χ4v) is 1.05. The van der Waals surface area contributed by atoms with Gasteiger partial charge in [-0.2, -0.15) is 0 Å². The van der Waals surface area contributed by atoms with Crippen LogP contribution in [0.4, 0.5) is 0 Å². The lowest BCUT2D eigenvalue weighted by Gasteiger charge is -2.08. The molecule has 70 valence electrons. The van der Waals surface area contributed by atoms with Crippen molar-refractivity contribution in [2.45, 2.75) is 13.0 Å².